The van der Waals surface area contributed by atoms with E-state index >= 15 is 0 Å². The van der Waals surface area contributed by atoms with Crippen molar-refractivity contribution in [3.63, 3.8) is 0 Å². The van der Waals surface area contributed by atoms with Crippen LogP contribution in [0.4, 0.5) is 4.79 Å². The van der Waals surface area contributed by atoms with E-state index in [-0.39, 0.29) is 12.5 Å². The number of benzene rings is 1. The van der Waals surface area contributed by atoms with Crippen LogP contribution >= 0.6 is 0 Å². The number of ether oxygens (including phenoxy) is 2. The second-order valence-corrected chi connectivity index (χ2v) is 7.87. The van der Waals surface area contributed by atoms with Gasteiger partial charge in [-0.1, -0.05) is 13.0 Å². The minimum atomic E-state index is -1.25. The molecule has 8 heteroatoms. The number of nitrogens with zero attached hydrogens (tertiary/aromatic N) is 2. The minimum Gasteiger partial charge on any atom is -0.486 e. The van der Waals surface area contributed by atoms with E-state index in [0.29, 0.717) is 49.3 Å². The highest BCUT2D eigenvalue weighted by Crippen LogP contribution is 2.36. The maximum absolute atomic E-state index is 13.1. The summed E-state index contributed by atoms with van der Waals surface area (Å²) in [6, 6.07) is 4.63. The van der Waals surface area contributed by atoms with E-state index in [4.69, 9.17) is 9.47 Å². The smallest absolute Gasteiger partial charge is 0.325 e. The minimum absolute atomic E-state index is 0.193. The summed E-state index contributed by atoms with van der Waals surface area (Å²) in [6.07, 6.45) is 1.89. The quantitative estimate of drug-likeness (QED) is 0.794. The zero-order chi connectivity index (χ0) is 19.9. The third kappa shape index (κ3) is 3.16. The van der Waals surface area contributed by atoms with Crippen molar-refractivity contribution < 1.29 is 23.9 Å². The number of rotatable bonds is 3. The van der Waals surface area contributed by atoms with Crippen LogP contribution in [0.2, 0.25) is 0 Å². The lowest BCUT2D eigenvalue weighted by molar-refractivity contribution is -0.139. The number of likely N-dealkylation sites (tertiary alicyclic amines) is 1. The lowest BCUT2D eigenvalue weighted by Crippen LogP contribution is -2.46. The van der Waals surface area contributed by atoms with Gasteiger partial charge in [-0.05, 0) is 43.4 Å². The molecule has 1 aromatic rings. The second kappa shape index (κ2) is 7.00. The average Bonchev–Trinajstić information content (AvgIpc) is 2.92. The van der Waals surface area contributed by atoms with Gasteiger partial charge in [0.15, 0.2) is 11.5 Å². The van der Waals surface area contributed by atoms with Gasteiger partial charge in [-0.25, -0.2) is 4.79 Å². The van der Waals surface area contributed by atoms with Gasteiger partial charge in [0.25, 0.3) is 5.91 Å². The second-order valence-electron chi connectivity index (χ2n) is 7.87. The number of piperidine rings is 1. The fraction of sp³-hybridized carbons (Fsp3) is 0.550. The summed E-state index contributed by atoms with van der Waals surface area (Å²) in [5.41, 5.74) is -0.652. The Morgan fingerprint density at radius 1 is 1.18 bits per heavy atom. The largest absolute Gasteiger partial charge is 0.486 e. The lowest BCUT2D eigenvalue weighted by Gasteiger charge is -2.31. The molecule has 2 saturated heterocycles. The number of carbonyl (C=O) groups excluding carboxylic acids is 3. The molecule has 0 spiro atoms. The van der Waals surface area contributed by atoms with E-state index < -0.39 is 17.5 Å². The van der Waals surface area contributed by atoms with Crippen LogP contribution in [0.5, 0.6) is 11.5 Å². The molecule has 0 saturated carbocycles. The molecule has 2 fully saturated rings. The van der Waals surface area contributed by atoms with Crippen molar-refractivity contribution in [2.24, 2.45) is 5.92 Å². The third-order valence-corrected chi connectivity index (χ3v) is 5.82. The third-order valence-electron chi connectivity index (χ3n) is 5.82. The summed E-state index contributed by atoms with van der Waals surface area (Å²) in [5.74, 6) is 1.12. The van der Waals surface area contributed by atoms with Crippen molar-refractivity contribution >= 4 is 17.8 Å². The van der Waals surface area contributed by atoms with E-state index in [0.717, 1.165) is 17.7 Å². The normalized spacial score (nSPS) is 25.1. The van der Waals surface area contributed by atoms with Crippen LogP contribution in [0.1, 0.15) is 32.3 Å². The van der Waals surface area contributed by atoms with Crippen LogP contribution in [0, 0.1) is 5.92 Å². The number of fused-ring (bicyclic) bond motifs is 1. The summed E-state index contributed by atoms with van der Waals surface area (Å²) in [6.45, 7) is 5.82. The van der Waals surface area contributed by atoms with Crippen LogP contribution in [0.3, 0.4) is 0 Å². The molecule has 4 amide bonds. The predicted molar refractivity (Wildman–Crippen MR) is 100 cm³/mol. The number of carbonyl (C=O) groups is 3. The molecule has 1 N–H and O–H groups in total. The molecule has 1 aromatic carbocycles. The number of hydrogen-bond acceptors (Lipinski definition) is 5. The summed E-state index contributed by atoms with van der Waals surface area (Å²) in [7, 11) is 0. The SMILES string of the molecule is CC1CCN(C(=O)CN2C(=O)N[C@@](C)(c3ccc4c(c3)OCCO4)C2=O)CC1. The van der Waals surface area contributed by atoms with Crippen molar-refractivity contribution in [2.45, 2.75) is 32.2 Å². The van der Waals surface area contributed by atoms with Crippen molar-refractivity contribution in [3.8, 4) is 11.5 Å². The van der Waals surface area contributed by atoms with Gasteiger partial charge in [0.05, 0.1) is 0 Å². The Balaban J connectivity index is 1.51. The zero-order valence-electron chi connectivity index (χ0n) is 16.2. The van der Waals surface area contributed by atoms with Gasteiger partial charge >= 0.3 is 6.03 Å². The summed E-state index contributed by atoms with van der Waals surface area (Å²) in [4.78, 5) is 40.9. The number of urea groups is 1. The van der Waals surface area contributed by atoms with E-state index in [9.17, 15) is 14.4 Å². The highest BCUT2D eigenvalue weighted by Gasteiger charge is 2.50. The maximum Gasteiger partial charge on any atom is 0.325 e. The number of nitrogens with one attached hydrogen (secondary N) is 1. The summed E-state index contributed by atoms with van der Waals surface area (Å²) >= 11 is 0. The van der Waals surface area contributed by atoms with Crippen molar-refractivity contribution in [2.75, 3.05) is 32.8 Å². The molecule has 28 heavy (non-hydrogen) atoms. The Morgan fingerprint density at radius 2 is 1.86 bits per heavy atom. The van der Waals surface area contributed by atoms with Gasteiger partial charge < -0.3 is 19.7 Å². The summed E-state index contributed by atoms with van der Waals surface area (Å²) < 4.78 is 11.1. The Kier molecular flexibility index (Phi) is 4.64. The molecule has 0 radical (unpaired) electrons. The van der Waals surface area contributed by atoms with Gasteiger partial charge in [-0.2, -0.15) is 0 Å². The highest BCUT2D eigenvalue weighted by atomic mass is 16.6. The number of imide groups is 1. The molecule has 150 valence electrons. The number of amides is 4. The lowest BCUT2D eigenvalue weighted by atomic mass is 9.91. The first-order valence-electron chi connectivity index (χ1n) is 9.70. The summed E-state index contributed by atoms with van der Waals surface area (Å²) in [5, 5.41) is 2.74. The fourth-order valence-corrected chi connectivity index (χ4v) is 3.88. The molecular formula is C20H25N3O5. The van der Waals surface area contributed by atoms with Gasteiger partial charge in [0.2, 0.25) is 5.91 Å². The molecule has 8 nitrogen and oxygen atoms in total. The predicted octanol–water partition coefficient (Wildman–Crippen LogP) is 1.48. The van der Waals surface area contributed by atoms with Crippen LogP contribution < -0.4 is 14.8 Å². The van der Waals surface area contributed by atoms with Crippen LogP contribution in [-0.2, 0) is 15.1 Å². The van der Waals surface area contributed by atoms with E-state index in [2.05, 4.69) is 12.2 Å². The monoisotopic (exact) mass is 387 g/mol. The maximum atomic E-state index is 13.1. The molecule has 3 heterocycles. The van der Waals surface area contributed by atoms with E-state index in [1.807, 2.05) is 0 Å². The first kappa shape index (κ1) is 18.6. The molecule has 0 aromatic heterocycles. The van der Waals surface area contributed by atoms with Crippen molar-refractivity contribution in [1.82, 2.24) is 15.1 Å². The standard InChI is InChI=1S/C20H25N3O5/c1-13-5-7-22(8-6-13)17(24)12-23-18(25)20(2,21-19(23)26)14-3-4-15-16(11-14)28-10-9-27-15/h3-4,11,13H,5-10,12H2,1-2H3,(H,21,26)/t20-/m0/s1. The van der Waals surface area contributed by atoms with Crippen LogP contribution in [0.15, 0.2) is 18.2 Å². The molecule has 3 aliphatic heterocycles. The van der Waals surface area contributed by atoms with Gasteiger partial charge in [-0.15, -0.1) is 0 Å². The Labute approximate surface area is 163 Å². The van der Waals surface area contributed by atoms with E-state index in [1.165, 1.54) is 0 Å². The van der Waals surface area contributed by atoms with Crippen LogP contribution in [-0.4, -0.2) is 60.5 Å². The van der Waals surface area contributed by atoms with Gasteiger partial charge in [0.1, 0.15) is 25.3 Å². The first-order chi connectivity index (χ1) is 13.4. The molecule has 1 atom stereocenters. The molecule has 0 bridgehead atoms. The Bertz CT molecular complexity index is 818. The van der Waals surface area contributed by atoms with Crippen LogP contribution in [0.25, 0.3) is 0 Å². The first-order valence-corrected chi connectivity index (χ1v) is 9.70. The Morgan fingerprint density at radius 3 is 2.57 bits per heavy atom. The Hall–Kier alpha value is -2.77. The molecule has 0 aliphatic carbocycles. The highest BCUT2D eigenvalue weighted by molar-refractivity contribution is 6.09. The number of hydrogen-bond donors (Lipinski definition) is 1. The van der Waals surface area contributed by atoms with Gasteiger partial charge in [0, 0.05) is 13.1 Å². The molecule has 0 unspecified atom stereocenters. The van der Waals surface area contributed by atoms with Gasteiger partial charge in [-0.3, -0.25) is 14.5 Å². The van der Waals surface area contributed by atoms with E-state index in [1.54, 1.807) is 30.0 Å². The zero-order valence-corrected chi connectivity index (χ0v) is 16.2. The average molecular weight is 387 g/mol. The van der Waals surface area contributed by atoms with Crippen molar-refractivity contribution in [3.05, 3.63) is 23.8 Å². The van der Waals surface area contributed by atoms with Crippen molar-refractivity contribution in [1.29, 1.82) is 0 Å². The molecule has 3 aliphatic rings. The molecular weight excluding hydrogens is 362 g/mol. The topological polar surface area (TPSA) is 88.2 Å². The molecule has 4 rings (SSSR count). The fourth-order valence-electron chi connectivity index (χ4n) is 3.88.